The lowest BCUT2D eigenvalue weighted by molar-refractivity contribution is -0.136. The molecule has 30 heavy (non-hydrogen) atoms. The Kier molecular flexibility index (Phi) is 5.97. The van der Waals surface area contributed by atoms with Crippen LogP contribution in [0, 0.1) is 5.92 Å². The second-order valence-corrected chi connectivity index (χ2v) is 8.15. The van der Waals surface area contributed by atoms with Crippen molar-refractivity contribution in [3.63, 3.8) is 0 Å². The summed E-state index contributed by atoms with van der Waals surface area (Å²) in [6.07, 6.45) is 6.39. The standard InChI is InChI=1S/C23H29N5O2/c1-3-17(2)19-6-4-5-7-20(19)28-16-18(14-22(28)29)23(30)27-12-10-26(11-13-27)21-15-24-8-9-25-21/h4-9,15,17-18H,3,10-14,16H2,1-2H3/t17-,18+/m1/s1. The second-order valence-electron chi connectivity index (χ2n) is 8.15. The topological polar surface area (TPSA) is 69.6 Å². The Balaban J connectivity index is 1.41. The lowest BCUT2D eigenvalue weighted by Gasteiger charge is -2.36. The summed E-state index contributed by atoms with van der Waals surface area (Å²) < 4.78 is 0. The molecule has 2 aromatic rings. The minimum Gasteiger partial charge on any atom is -0.352 e. The van der Waals surface area contributed by atoms with Gasteiger partial charge in [-0.15, -0.1) is 0 Å². The van der Waals surface area contributed by atoms with E-state index in [1.54, 1.807) is 18.6 Å². The molecule has 2 atom stereocenters. The molecule has 2 aliphatic heterocycles. The van der Waals surface area contributed by atoms with E-state index < -0.39 is 0 Å². The van der Waals surface area contributed by atoms with E-state index in [9.17, 15) is 9.59 Å². The van der Waals surface area contributed by atoms with Crippen molar-refractivity contribution in [2.45, 2.75) is 32.6 Å². The normalized spacial score (nSPS) is 20.5. The van der Waals surface area contributed by atoms with Crippen molar-refractivity contribution < 1.29 is 9.59 Å². The number of aromatic nitrogens is 2. The molecule has 1 aromatic carbocycles. The molecule has 0 spiro atoms. The second kappa shape index (κ2) is 8.81. The fourth-order valence-corrected chi connectivity index (χ4v) is 4.34. The van der Waals surface area contributed by atoms with Gasteiger partial charge in [-0.25, -0.2) is 4.98 Å². The largest absolute Gasteiger partial charge is 0.352 e. The molecule has 0 saturated carbocycles. The summed E-state index contributed by atoms with van der Waals surface area (Å²) >= 11 is 0. The molecular formula is C23H29N5O2. The summed E-state index contributed by atoms with van der Waals surface area (Å²) in [5.41, 5.74) is 2.14. The SMILES string of the molecule is CC[C@@H](C)c1ccccc1N1C[C@@H](C(=O)N2CCN(c3cnccn3)CC2)CC1=O. The Bertz CT molecular complexity index is 895. The van der Waals surface area contributed by atoms with E-state index in [4.69, 9.17) is 0 Å². The van der Waals surface area contributed by atoms with Crippen LogP contribution in [0.2, 0.25) is 0 Å². The van der Waals surface area contributed by atoms with E-state index in [1.807, 2.05) is 28.0 Å². The lowest BCUT2D eigenvalue weighted by Crippen LogP contribution is -2.51. The van der Waals surface area contributed by atoms with Crippen LogP contribution < -0.4 is 9.80 Å². The number of amides is 2. The molecule has 0 N–H and O–H groups in total. The van der Waals surface area contributed by atoms with Gasteiger partial charge in [0.2, 0.25) is 11.8 Å². The van der Waals surface area contributed by atoms with Gasteiger partial charge >= 0.3 is 0 Å². The molecular weight excluding hydrogens is 378 g/mol. The summed E-state index contributed by atoms with van der Waals surface area (Å²) in [6.45, 7) is 7.54. The zero-order chi connectivity index (χ0) is 21.1. The summed E-state index contributed by atoms with van der Waals surface area (Å²) in [5, 5.41) is 0. The fourth-order valence-electron chi connectivity index (χ4n) is 4.34. The van der Waals surface area contributed by atoms with Gasteiger partial charge in [0.1, 0.15) is 5.82 Å². The van der Waals surface area contributed by atoms with Crippen molar-refractivity contribution in [2.24, 2.45) is 5.92 Å². The Labute approximate surface area is 177 Å². The number of carbonyl (C=O) groups is 2. The molecule has 2 saturated heterocycles. The van der Waals surface area contributed by atoms with Crippen molar-refractivity contribution in [1.82, 2.24) is 14.9 Å². The van der Waals surface area contributed by atoms with Crippen LogP contribution in [0.25, 0.3) is 0 Å². The summed E-state index contributed by atoms with van der Waals surface area (Å²) in [6, 6.07) is 8.09. The summed E-state index contributed by atoms with van der Waals surface area (Å²) in [4.78, 5) is 40.3. The van der Waals surface area contributed by atoms with Crippen LogP contribution in [0.3, 0.4) is 0 Å². The van der Waals surface area contributed by atoms with E-state index >= 15 is 0 Å². The first kappa shape index (κ1) is 20.3. The van der Waals surface area contributed by atoms with E-state index in [-0.39, 0.29) is 24.2 Å². The first-order valence-corrected chi connectivity index (χ1v) is 10.8. The lowest BCUT2D eigenvalue weighted by atomic mass is 9.96. The van der Waals surface area contributed by atoms with E-state index in [0.717, 1.165) is 31.0 Å². The average Bonchev–Trinajstić information content (AvgIpc) is 3.20. The maximum absolute atomic E-state index is 13.1. The zero-order valence-corrected chi connectivity index (χ0v) is 17.7. The molecule has 1 aromatic heterocycles. The minimum absolute atomic E-state index is 0.0438. The van der Waals surface area contributed by atoms with Crippen LogP contribution in [0.5, 0.6) is 0 Å². The van der Waals surface area contributed by atoms with Gasteiger partial charge in [-0.2, -0.15) is 0 Å². The van der Waals surface area contributed by atoms with Gasteiger partial charge in [0.25, 0.3) is 0 Å². The molecule has 0 bridgehead atoms. The van der Waals surface area contributed by atoms with Crippen LogP contribution >= 0.6 is 0 Å². The highest BCUT2D eigenvalue weighted by Gasteiger charge is 2.38. The quantitative estimate of drug-likeness (QED) is 0.762. The van der Waals surface area contributed by atoms with Gasteiger partial charge in [-0.1, -0.05) is 32.0 Å². The Morgan fingerprint density at radius 2 is 1.93 bits per heavy atom. The van der Waals surface area contributed by atoms with Gasteiger partial charge < -0.3 is 14.7 Å². The number of carbonyl (C=O) groups excluding carboxylic acids is 2. The molecule has 0 radical (unpaired) electrons. The van der Waals surface area contributed by atoms with Crippen LogP contribution in [0.4, 0.5) is 11.5 Å². The van der Waals surface area contributed by atoms with Gasteiger partial charge in [-0.3, -0.25) is 14.6 Å². The van der Waals surface area contributed by atoms with E-state index in [0.29, 0.717) is 25.6 Å². The number of piperazine rings is 1. The molecule has 2 amide bonds. The molecule has 158 valence electrons. The summed E-state index contributed by atoms with van der Waals surface area (Å²) in [7, 11) is 0. The summed E-state index contributed by atoms with van der Waals surface area (Å²) in [5.74, 6) is 1.07. The molecule has 0 aliphatic carbocycles. The van der Waals surface area contributed by atoms with Crippen molar-refractivity contribution >= 4 is 23.3 Å². The Hall–Kier alpha value is -2.96. The predicted octanol–water partition coefficient (Wildman–Crippen LogP) is 2.69. The van der Waals surface area contributed by atoms with Gasteiger partial charge in [0.15, 0.2) is 0 Å². The smallest absolute Gasteiger partial charge is 0.228 e. The fraction of sp³-hybridized carbons (Fsp3) is 0.478. The third-order valence-electron chi connectivity index (χ3n) is 6.31. The number of hydrogen-bond donors (Lipinski definition) is 0. The number of nitrogens with zero attached hydrogens (tertiary/aromatic N) is 5. The van der Waals surface area contributed by atoms with Gasteiger partial charge in [-0.05, 0) is 24.0 Å². The predicted molar refractivity (Wildman–Crippen MR) is 116 cm³/mol. The highest BCUT2D eigenvalue weighted by Crippen LogP contribution is 2.34. The van der Waals surface area contributed by atoms with Crippen molar-refractivity contribution in [1.29, 1.82) is 0 Å². The molecule has 2 aliphatic rings. The van der Waals surface area contributed by atoms with Crippen molar-refractivity contribution in [3.8, 4) is 0 Å². The third-order valence-corrected chi connectivity index (χ3v) is 6.31. The third kappa shape index (κ3) is 4.01. The van der Waals surface area contributed by atoms with E-state index in [2.05, 4.69) is 34.8 Å². The number of rotatable bonds is 5. The molecule has 4 rings (SSSR count). The molecule has 0 unspecified atom stereocenters. The molecule has 3 heterocycles. The zero-order valence-electron chi connectivity index (χ0n) is 17.7. The van der Waals surface area contributed by atoms with Gasteiger partial charge in [0.05, 0.1) is 12.1 Å². The Morgan fingerprint density at radius 3 is 2.63 bits per heavy atom. The first-order chi connectivity index (χ1) is 14.6. The van der Waals surface area contributed by atoms with Gasteiger partial charge in [0, 0.05) is 57.2 Å². The highest BCUT2D eigenvalue weighted by molar-refractivity contribution is 6.01. The molecule has 7 nitrogen and oxygen atoms in total. The highest BCUT2D eigenvalue weighted by atomic mass is 16.2. The minimum atomic E-state index is -0.273. The van der Waals surface area contributed by atoms with E-state index in [1.165, 1.54) is 5.56 Å². The van der Waals surface area contributed by atoms with Crippen molar-refractivity contribution in [3.05, 3.63) is 48.4 Å². The van der Waals surface area contributed by atoms with Crippen molar-refractivity contribution in [2.75, 3.05) is 42.5 Å². The first-order valence-electron chi connectivity index (χ1n) is 10.8. The number of para-hydroxylation sites is 1. The number of anilines is 2. The van der Waals surface area contributed by atoms with Crippen LogP contribution in [-0.2, 0) is 9.59 Å². The van der Waals surface area contributed by atoms with Crippen LogP contribution in [0.1, 0.15) is 38.2 Å². The Morgan fingerprint density at radius 1 is 1.17 bits per heavy atom. The van der Waals surface area contributed by atoms with Crippen LogP contribution in [-0.4, -0.2) is 59.4 Å². The van der Waals surface area contributed by atoms with Crippen LogP contribution in [0.15, 0.2) is 42.9 Å². The number of benzene rings is 1. The average molecular weight is 408 g/mol. The number of hydrogen-bond acceptors (Lipinski definition) is 5. The monoisotopic (exact) mass is 407 g/mol. The maximum atomic E-state index is 13.1. The maximum Gasteiger partial charge on any atom is 0.228 e. The molecule has 7 heteroatoms. The molecule has 2 fully saturated rings.